The molecule has 0 bridgehead atoms. The van der Waals surface area contributed by atoms with E-state index in [1.54, 1.807) is 0 Å². The van der Waals surface area contributed by atoms with E-state index < -0.39 is 0 Å². The summed E-state index contributed by atoms with van der Waals surface area (Å²) < 4.78 is 0. The van der Waals surface area contributed by atoms with E-state index in [1.807, 2.05) is 32.0 Å². The number of rotatable bonds is 6. The standard InChI is InChI=1S/C15H24N2OS/c1-5-12(6-2)17-15(18)11(4)19-14-9-10(3)7-8-13(14)16/h7-9,11-12H,5-6,16H2,1-4H3,(H,17,18). The quantitative estimate of drug-likeness (QED) is 0.620. The van der Waals surface area contributed by atoms with Crippen LogP contribution in [0, 0.1) is 6.92 Å². The maximum atomic E-state index is 12.1. The van der Waals surface area contributed by atoms with E-state index >= 15 is 0 Å². The number of anilines is 1. The summed E-state index contributed by atoms with van der Waals surface area (Å²) in [5.74, 6) is 0.0830. The SMILES string of the molecule is CCC(CC)NC(=O)C(C)Sc1cc(C)ccc1N. The molecule has 0 fully saturated rings. The summed E-state index contributed by atoms with van der Waals surface area (Å²) in [4.78, 5) is 13.1. The molecule has 0 radical (unpaired) electrons. The van der Waals surface area contributed by atoms with Crippen LogP contribution in [0.25, 0.3) is 0 Å². The van der Waals surface area contributed by atoms with Crippen molar-refractivity contribution in [3.63, 3.8) is 0 Å². The molecule has 1 amide bonds. The van der Waals surface area contributed by atoms with E-state index in [4.69, 9.17) is 5.73 Å². The molecule has 0 saturated heterocycles. The molecule has 106 valence electrons. The number of benzene rings is 1. The Hall–Kier alpha value is -1.16. The Kier molecular flexibility index (Phi) is 6.22. The van der Waals surface area contributed by atoms with Gasteiger partial charge in [0.1, 0.15) is 0 Å². The van der Waals surface area contributed by atoms with Crippen molar-refractivity contribution in [3.8, 4) is 0 Å². The normalized spacial score (nSPS) is 12.5. The first kappa shape index (κ1) is 15.9. The average Bonchev–Trinajstić information content (AvgIpc) is 2.39. The van der Waals surface area contributed by atoms with Crippen LogP contribution in [0.2, 0.25) is 0 Å². The fourth-order valence-electron chi connectivity index (χ4n) is 1.80. The Balaban J connectivity index is 2.65. The van der Waals surface area contributed by atoms with Crippen molar-refractivity contribution in [3.05, 3.63) is 23.8 Å². The van der Waals surface area contributed by atoms with Gasteiger partial charge in [-0.05, 0) is 44.4 Å². The maximum absolute atomic E-state index is 12.1. The predicted molar refractivity (Wildman–Crippen MR) is 83.4 cm³/mol. The van der Waals surface area contributed by atoms with Crippen LogP contribution in [0.4, 0.5) is 5.69 Å². The molecule has 4 heteroatoms. The third-order valence-electron chi connectivity index (χ3n) is 3.17. The maximum Gasteiger partial charge on any atom is 0.233 e. The minimum atomic E-state index is -0.135. The van der Waals surface area contributed by atoms with Crippen molar-refractivity contribution in [1.82, 2.24) is 5.32 Å². The first-order valence-corrected chi connectivity index (χ1v) is 7.69. The summed E-state index contributed by atoms with van der Waals surface area (Å²) in [5, 5.41) is 2.94. The van der Waals surface area contributed by atoms with Crippen molar-refractivity contribution in [2.45, 2.75) is 56.7 Å². The minimum absolute atomic E-state index is 0.0830. The highest BCUT2D eigenvalue weighted by Gasteiger charge is 2.17. The van der Waals surface area contributed by atoms with E-state index in [2.05, 4.69) is 19.2 Å². The lowest BCUT2D eigenvalue weighted by Crippen LogP contribution is -2.38. The van der Waals surface area contributed by atoms with E-state index in [9.17, 15) is 4.79 Å². The summed E-state index contributed by atoms with van der Waals surface area (Å²) >= 11 is 1.52. The number of hydrogen-bond donors (Lipinski definition) is 2. The van der Waals surface area contributed by atoms with E-state index in [-0.39, 0.29) is 17.2 Å². The molecule has 1 atom stereocenters. The van der Waals surface area contributed by atoms with E-state index in [0.29, 0.717) is 0 Å². The summed E-state index contributed by atoms with van der Waals surface area (Å²) in [6.45, 7) is 8.12. The van der Waals surface area contributed by atoms with Crippen molar-refractivity contribution in [1.29, 1.82) is 0 Å². The Morgan fingerprint density at radius 1 is 1.37 bits per heavy atom. The van der Waals surface area contributed by atoms with E-state index in [0.717, 1.165) is 29.0 Å². The number of carbonyl (C=O) groups is 1. The number of carbonyl (C=O) groups excluding carboxylic acids is 1. The fraction of sp³-hybridized carbons (Fsp3) is 0.533. The molecule has 3 nitrogen and oxygen atoms in total. The van der Waals surface area contributed by atoms with Gasteiger partial charge in [0.25, 0.3) is 0 Å². The van der Waals surface area contributed by atoms with Gasteiger partial charge in [-0.1, -0.05) is 19.9 Å². The van der Waals surface area contributed by atoms with Crippen molar-refractivity contribution in [2.75, 3.05) is 5.73 Å². The van der Waals surface area contributed by atoms with Crippen molar-refractivity contribution >= 4 is 23.4 Å². The molecule has 1 aromatic carbocycles. The second kappa shape index (κ2) is 7.43. The lowest BCUT2D eigenvalue weighted by molar-refractivity contribution is -0.121. The number of hydrogen-bond acceptors (Lipinski definition) is 3. The Bertz CT molecular complexity index is 430. The lowest BCUT2D eigenvalue weighted by Gasteiger charge is -2.18. The molecule has 0 saturated carbocycles. The molecule has 0 aliphatic rings. The molecule has 1 unspecified atom stereocenters. The van der Waals surface area contributed by atoms with Gasteiger partial charge >= 0.3 is 0 Å². The number of aryl methyl sites for hydroxylation is 1. The highest BCUT2D eigenvalue weighted by atomic mass is 32.2. The van der Waals surface area contributed by atoms with Crippen LogP contribution in [0.3, 0.4) is 0 Å². The topological polar surface area (TPSA) is 55.1 Å². The molecule has 0 spiro atoms. The van der Waals surface area contributed by atoms with Gasteiger partial charge in [-0.25, -0.2) is 0 Å². The number of amides is 1. The molecule has 1 aromatic rings. The Morgan fingerprint density at radius 3 is 2.58 bits per heavy atom. The van der Waals surface area contributed by atoms with Crippen LogP contribution in [0.5, 0.6) is 0 Å². The largest absolute Gasteiger partial charge is 0.398 e. The molecule has 19 heavy (non-hydrogen) atoms. The number of nitrogens with one attached hydrogen (secondary N) is 1. The van der Waals surface area contributed by atoms with Gasteiger partial charge in [-0.15, -0.1) is 11.8 Å². The van der Waals surface area contributed by atoms with Crippen LogP contribution in [-0.4, -0.2) is 17.2 Å². The zero-order valence-corrected chi connectivity index (χ0v) is 13.0. The van der Waals surface area contributed by atoms with Gasteiger partial charge in [0.15, 0.2) is 0 Å². The monoisotopic (exact) mass is 280 g/mol. The van der Waals surface area contributed by atoms with Gasteiger partial charge in [-0.2, -0.15) is 0 Å². The number of nitrogens with two attached hydrogens (primary N) is 1. The molecular formula is C15H24N2OS. The molecule has 0 aliphatic heterocycles. The van der Waals surface area contributed by atoms with Gasteiger partial charge in [0.05, 0.1) is 5.25 Å². The zero-order chi connectivity index (χ0) is 14.4. The Labute approximate surface area is 120 Å². The van der Waals surface area contributed by atoms with Crippen LogP contribution < -0.4 is 11.1 Å². The predicted octanol–water partition coefficient (Wildman–Crippen LogP) is 3.36. The molecule has 0 aliphatic carbocycles. The Morgan fingerprint density at radius 2 is 2.00 bits per heavy atom. The summed E-state index contributed by atoms with van der Waals surface area (Å²) in [6, 6.07) is 6.17. The van der Waals surface area contributed by atoms with Crippen molar-refractivity contribution in [2.24, 2.45) is 0 Å². The number of thioether (sulfide) groups is 1. The van der Waals surface area contributed by atoms with Crippen LogP contribution in [-0.2, 0) is 4.79 Å². The van der Waals surface area contributed by atoms with Gasteiger partial charge in [-0.3, -0.25) is 4.79 Å². The molecule has 0 heterocycles. The van der Waals surface area contributed by atoms with Gasteiger partial charge < -0.3 is 11.1 Å². The third-order valence-corrected chi connectivity index (χ3v) is 4.35. The summed E-state index contributed by atoms with van der Waals surface area (Å²) in [7, 11) is 0. The second-order valence-electron chi connectivity index (χ2n) is 4.82. The second-order valence-corrected chi connectivity index (χ2v) is 6.21. The molecule has 0 aromatic heterocycles. The highest BCUT2D eigenvalue weighted by molar-refractivity contribution is 8.00. The molecular weight excluding hydrogens is 256 g/mol. The van der Waals surface area contributed by atoms with Crippen LogP contribution in [0.15, 0.2) is 23.1 Å². The first-order valence-electron chi connectivity index (χ1n) is 6.81. The van der Waals surface area contributed by atoms with Gasteiger partial charge in [0, 0.05) is 16.6 Å². The van der Waals surface area contributed by atoms with Gasteiger partial charge in [0.2, 0.25) is 5.91 Å². The smallest absolute Gasteiger partial charge is 0.233 e. The van der Waals surface area contributed by atoms with E-state index in [1.165, 1.54) is 11.8 Å². The highest BCUT2D eigenvalue weighted by Crippen LogP contribution is 2.29. The van der Waals surface area contributed by atoms with Crippen LogP contribution >= 0.6 is 11.8 Å². The lowest BCUT2D eigenvalue weighted by atomic mass is 10.2. The average molecular weight is 280 g/mol. The molecule has 3 N–H and O–H groups in total. The zero-order valence-electron chi connectivity index (χ0n) is 12.2. The molecule has 1 rings (SSSR count). The summed E-state index contributed by atoms with van der Waals surface area (Å²) in [5.41, 5.74) is 7.83. The first-order chi connectivity index (χ1) is 8.97. The van der Waals surface area contributed by atoms with Crippen molar-refractivity contribution < 1.29 is 4.79 Å². The summed E-state index contributed by atoms with van der Waals surface area (Å²) in [6.07, 6.45) is 1.93. The minimum Gasteiger partial charge on any atom is -0.398 e. The number of nitrogen functional groups attached to an aromatic ring is 1. The third kappa shape index (κ3) is 4.78. The van der Waals surface area contributed by atoms with Crippen LogP contribution in [0.1, 0.15) is 39.2 Å². The fourth-order valence-corrected chi connectivity index (χ4v) is 2.81.